The quantitative estimate of drug-likeness (QED) is 0.0156. The molecule has 8 amide bonds. The van der Waals surface area contributed by atoms with Gasteiger partial charge < -0.3 is 70.8 Å². The number of unbranched alkanes of at least 4 members (excludes halogenated alkanes) is 2. The van der Waals surface area contributed by atoms with Crippen LogP contribution in [0.5, 0.6) is 28.7 Å². The van der Waals surface area contributed by atoms with Crippen molar-refractivity contribution in [3.8, 4) is 28.7 Å². The van der Waals surface area contributed by atoms with Crippen molar-refractivity contribution in [2.24, 2.45) is 11.7 Å². The van der Waals surface area contributed by atoms with E-state index in [2.05, 4.69) is 66.7 Å². The molecule has 1 aromatic heterocycles. The number of primary amides is 1. The van der Waals surface area contributed by atoms with E-state index < -0.39 is 88.5 Å². The second kappa shape index (κ2) is 29.1. The third kappa shape index (κ3) is 13.7. The highest BCUT2D eigenvalue weighted by atomic mass is 32.2. The number of carbonyl (C=O) groups excluding carboxylic acids is 9. The van der Waals surface area contributed by atoms with E-state index in [4.69, 9.17) is 34.2 Å². The van der Waals surface area contributed by atoms with Gasteiger partial charge in [-0.3, -0.25) is 48.8 Å². The first-order valence-electron chi connectivity index (χ1n) is 34.1. The molecule has 10 heterocycles. The summed E-state index contributed by atoms with van der Waals surface area (Å²) in [7, 11) is 3.63. The Morgan fingerprint density at radius 1 is 0.890 bits per heavy atom. The van der Waals surface area contributed by atoms with Crippen molar-refractivity contribution in [3.05, 3.63) is 117 Å². The molecule has 0 saturated carbocycles. The minimum absolute atomic E-state index is 0.0165. The highest BCUT2D eigenvalue weighted by Gasteiger charge is 2.62. The van der Waals surface area contributed by atoms with Gasteiger partial charge in [0.2, 0.25) is 24.5 Å². The molecule has 4 aromatic carbocycles. The van der Waals surface area contributed by atoms with Crippen LogP contribution in [0.3, 0.4) is 0 Å². The number of hydrogen-bond acceptors (Lipinski definition) is 20. The number of H-pyrrole nitrogens is 1. The number of aryl methyl sites for hydroxylation is 1. The van der Waals surface area contributed by atoms with E-state index >= 15 is 4.79 Å². The first-order chi connectivity index (χ1) is 47.9. The number of para-hydroxylation sites is 1. The van der Waals surface area contributed by atoms with E-state index in [9.17, 15) is 43.5 Å². The van der Waals surface area contributed by atoms with E-state index in [0.29, 0.717) is 90.6 Å². The van der Waals surface area contributed by atoms with E-state index in [1.165, 1.54) is 30.8 Å². The lowest BCUT2D eigenvalue weighted by Crippen LogP contribution is -2.68. The van der Waals surface area contributed by atoms with Crippen molar-refractivity contribution >= 4 is 82.0 Å². The van der Waals surface area contributed by atoms with E-state index in [1.807, 2.05) is 38.1 Å². The highest BCUT2D eigenvalue weighted by molar-refractivity contribution is 7.99. The first kappa shape index (κ1) is 70.5. The molecular weight excluding hydrogens is 1310 g/mol. The van der Waals surface area contributed by atoms with Gasteiger partial charge in [-0.05, 0) is 113 Å². The summed E-state index contributed by atoms with van der Waals surface area (Å²) >= 11 is 1.52. The third-order valence-corrected chi connectivity index (χ3v) is 21.8. The molecule has 2 fully saturated rings. The topological polar surface area (TPSA) is 353 Å². The summed E-state index contributed by atoms with van der Waals surface area (Å²) in [6.07, 6.45) is 4.93. The van der Waals surface area contributed by atoms with Crippen LogP contribution in [-0.4, -0.2) is 168 Å². The number of imide groups is 1. The van der Waals surface area contributed by atoms with E-state index in [0.717, 1.165) is 49.2 Å². The number of phenols is 1. The van der Waals surface area contributed by atoms with Gasteiger partial charge in [-0.25, -0.2) is 14.4 Å². The monoisotopic (exact) mass is 1390 g/mol. The lowest BCUT2D eigenvalue weighted by atomic mass is 9.75. The van der Waals surface area contributed by atoms with Crippen molar-refractivity contribution in [1.29, 1.82) is 0 Å². The van der Waals surface area contributed by atoms with E-state index in [1.54, 1.807) is 45.2 Å². The molecular formula is C72H87N11O16S. The molecule has 28 heteroatoms. The number of fused-ring (bicyclic) bond motifs is 9. The third-order valence-electron chi connectivity index (χ3n) is 20.3. The Morgan fingerprint density at radius 3 is 2.37 bits per heavy atom. The first-order valence-corrected chi connectivity index (χ1v) is 35.1. The van der Waals surface area contributed by atoms with Gasteiger partial charge in [0.05, 0.1) is 30.7 Å². The molecule has 0 radical (unpaired) electrons. The lowest BCUT2D eigenvalue weighted by Gasteiger charge is -2.61. The molecule has 4 bridgehead atoms. The van der Waals surface area contributed by atoms with Gasteiger partial charge in [-0.15, -0.1) is 11.8 Å². The molecule has 10 N–H and O–H groups in total. The minimum atomic E-state index is -1.57. The van der Waals surface area contributed by atoms with Crippen molar-refractivity contribution in [2.45, 2.75) is 159 Å². The Bertz CT molecular complexity index is 4110. The maximum atomic E-state index is 15.7. The van der Waals surface area contributed by atoms with Crippen LogP contribution < -0.4 is 56.6 Å². The maximum absolute atomic E-state index is 15.7. The molecule has 532 valence electrons. The molecule has 5 aromatic rings. The number of methoxy groups -OCH3 is 1. The Morgan fingerprint density at radius 2 is 1.64 bits per heavy atom. The number of nitrogens with two attached hydrogens (primary N) is 1. The molecule has 100 heavy (non-hydrogen) atoms. The number of anilines is 1. The maximum Gasteiger partial charge on any atom is 0.407 e. The van der Waals surface area contributed by atoms with Crippen LogP contribution in [0, 0.1) is 19.8 Å². The normalized spacial score (nSPS) is 23.9. The Balaban J connectivity index is 0.755. The number of nitrogens with zero attached hydrogens (tertiary/aromatic N) is 3. The Kier molecular flexibility index (Phi) is 20.5. The molecule has 27 nitrogen and oxygen atoms in total. The number of alkyl carbamates (subject to hydrolysis) is 1. The number of amides is 8. The minimum Gasteiger partial charge on any atom is -0.504 e. The summed E-state index contributed by atoms with van der Waals surface area (Å²) in [4.78, 5) is 129. The number of urea groups is 1. The fraction of sp³-hybridized carbons (Fsp3) is 0.486. The summed E-state index contributed by atoms with van der Waals surface area (Å²) in [6.45, 7) is 11.7. The fourth-order valence-corrected chi connectivity index (χ4v) is 17.6. The van der Waals surface area contributed by atoms with Gasteiger partial charge in [-0.1, -0.05) is 56.7 Å². The number of likely N-dealkylation sites (N-methyl/N-ethyl adjacent to an activating group) is 1. The van der Waals surface area contributed by atoms with Crippen LogP contribution in [0.25, 0.3) is 10.9 Å². The number of aromatic nitrogens is 1. The number of phenolic OH excluding ortho intramolecular Hbond substituents is 1. The number of benzene rings is 4. The van der Waals surface area contributed by atoms with Crippen molar-refractivity contribution in [2.75, 3.05) is 64.8 Å². The van der Waals surface area contributed by atoms with Gasteiger partial charge >= 0.3 is 24.1 Å². The van der Waals surface area contributed by atoms with Crippen LogP contribution in [0.15, 0.2) is 66.7 Å². The van der Waals surface area contributed by atoms with Crippen LogP contribution >= 0.6 is 11.8 Å². The zero-order chi connectivity index (χ0) is 71.1. The SMILES string of the molecule is COc1c(C)cc2c(c1O)C1[C@@H]3[C@@H]4SC[C@]5(N[C@H](CNC(=O)OCc6ccc(NC(=O)[C@H](CCCNC(N)=O)NC(=O)[C@@H](NC(=O)CCCCCN7C(=O)C=CC7=O)C(C)C)cc6)Cc6c5[nH]c5ccccc65)C(=O)OCC[C@@H](c5c6c(c(C)c(OC(C)=O)c54)OCO6)N3C(C)(C2)CN1C. The molecule has 2 saturated heterocycles. The van der Waals surface area contributed by atoms with Gasteiger partial charge in [0, 0.05) is 126 Å². The number of ether oxygens (including phenoxy) is 6. The Hall–Kier alpha value is -9.38. The van der Waals surface area contributed by atoms with Crippen LogP contribution in [0.1, 0.15) is 140 Å². The molecule has 3 unspecified atom stereocenters. The molecule has 9 aliphatic rings. The van der Waals surface area contributed by atoms with Crippen LogP contribution in [-0.2, 0) is 68.0 Å². The number of nitrogens with one attached hydrogen (secondary N) is 7. The number of rotatable bonds is 22. The highest BCUT2D eigenvalue weighted by Crippen LogP contribution is 2.66. The number of carbonyl (C=O) groups is 9. The lowest BCUT2D eigenvalue weighted by molar-refractivity contribution is -0.153. The molecule has 14 rings (SSSR count). The largest absolute Gasteiger partial charge is 0.504 e. The number of piperazine rings is 1. The average Bonchev–Trinajstić information content (AvgIpc) is 1.38. The number of aromatic hydroxyl groups is 1. The zero-order valence-electron chi connectivity index (χ0n) is 57.4. The molecule has 1 spiro atoms. The molecule has 0 aliphatic carbocycles. The predicted octanol–water partition coefficient (Wildman–Crippen LogP) is 6.44. The predicted molar refractivity (Wildman–Crippen MR) is 368 cm³/mol. The van der Waals surface area contributed by atoms with Gasteiger partial charge in [0.15, 0.2) is 28.5 Å². The van der Waals surface area contributed by atoms with Crippen molar-refractivity contribution in [1.82, 2.24) is 46.3 Å². The van der Waals surface area contributed by atoms with Crippen molar-refractivity contribution in [3.63, 3.8) is 0 Å². The van der Waals surface area contributed by atoms with Crippen LogP contribution in [0.4, 0.5) is 15.3 Å². The number of esters is 2. The molecule has 10 atom stereocenters. The zero-order valence-corrected chi connectivity index (χ0v) is 58.2. The summed E-state index contributed by atoms with van der Waals surface area (Å²) in [5.74, 6) is -1.79. The van der Waals surface area contributed by atoms with Gasteiger partial charge in [0.25, 0.3) is 11.8 Å². The molecule has 9 aliphatic heterocycles. The summed E-state index contributed by atoms with van der Waals surface area (Å²) in [5, 5.41) is 30.4. The summed E-state index contributed by atoms with van der Waals surface area (Å²) in [6, 6.07) is 11.7. The fourth-order valence-electron chi connectivity index (χ4n) is 16.0. The standard InChI is InChI=1S/C72H87N11O16S/c1-37(2)56(79-50(85)18-10-9-13-27-82-51(86)23-24-52(82)87)67(90)78-48(17-14-26-74-69(73)92)66(89)76-43-21-19-41(20-22-43)33-96-70(93)75-32-44-30-46-45-15-11-12-16-47(45)77-65(46)72(80-44)35-100-64-55-54(63-62(97-36-98-63)39(4)61(55)99-40(5)84)49(25-28-95-68(72)91)83-58(64)57-53-42(31-71(83,6)34-81(57)7)29-38(3)60(94-8)59(53)88/h11-12,15-16,19-24,29,37,44,48-49,56-58,64,77,80,88H,9-10,13-14,17-18,25-28,30-36H2,1-8H3,(H,75,93)(H,76,89)(H,78,90)(H,79,85)(H3,73,74,92)/t44-,48-,49-,56-,57?,58+,64+,71?,72+/m0/s1. The number of aromatic amines is 1. The number of hydrogen-bond donors (Lipinski definition) is 9. The van der Waals surface area contributed by atoms with E-state index in [-0.39, 0.29) is 94.0 Å². The smallest absolute Gasteiger partial charge is 0.407 e. The second-order valence-corrected chi connectivity index (χ2v) is 28.7. The number of thioether (sulfide) groups is 1. The average molecular weight is 1390 g/mol. The summed E-state index contributed by atoms with van der Waals surface area (Å²) < 4.78 is 37.4. The second-order valence-electron chi connectivity index (χ2n) is 27.6. The Labute approximate surface area is 583 Å². The van der Waals surface area contributed by atoms with Crippen molar-refractivity contribution < 1.29 is 76.7 Å². The van der Waals surface area contributed by atoms with Crippen LogP contribution in [0.2, 0.25) is 0 Å². The summed E-state index contributed by atoms with van der Waals surface area (Å²) in [5.41, 5.74) is 11.0. The van der Waals surface area contributed by atoms with Gasteiger partial charge in [0.1, 0.15) is 24.4 Å². The van der Waals surface area contributed by atoms with Gasteiger partial charge in [-0.2, -0.15) is 0 Å².